The third-order valence-corrected chi connectivity index (χ3v) is 3.71. The lowest BCUT2D eigenvalue weighted by molar-refractivity contribution is 0.159. The van der Waals surface area contributed by atoms with E-state index in [0.717, 1.165) is 43.2 Å². The van der Waals surface area contributed by atoms with Gasteiger partial charge in [-0.25, -0.2) is 0 Å². The number of likely N-dealkylation sites (N-methyl/N-ethyl adjacent to an activating group) is 1. The number of nitrogens with zero attached hydrogens (tertiary/aromatic N) is 3. The molecule has 0 radical (unpaired) electrons. The van der Waals surface area contributed by atoms with Gasteiger partial charge in [-0.05, 0) is 49.0 Å². The minimum Gasteiger partial charge on any atom is -0.457 e. The summed E-state index contributed by atoms with van der Waals surface area (Å²) in [5.74, 6) is 1.68. The molecular weight excluding hydrogens is 274 g/mol. The second-order valence-electron chi connectivity index (χ2n) is 5.49. The van der Waals surface area contributed by atoms with Gasteiger partial charge in [0, 0.05) is 26.2 Å². The molecule has 1 heterocycles. The molecule has 4 heteroatoms. The van der Waals surface area contributed by atoms with Crippen molar-refractivity contribution in [3.63, 3.8) is 0 Å². The standard InChI is InChI=1S/C18H21N3O/c1-20-11-13-21(14-12-20)19-15-16-7-9-18(10-8-16)22-17-5-3-2-4-6-17/h2-10,15H,11-14H2,1H3. The highest BCUT2D eigenvalue weighted by Gasteiger charge is 2.10. The molecule has 0 bridgehead atoms. The molecule has 0 spiro atoms. The Morgan fingerprint density at radius 1 is 0.864 bits per heavy atom. The van der Waals surface area contributed by atoms with Crippen LogP contribution >= 0.6 is 0 Å². The Bertz CT molecular complexity index is 602. The van der Waals surface area contributed by atoms with Gasteiger partial charge in [-0.2, -0.15) is 5.10 Å². The van der Waals surface area contributed by atoms with Crippen LogP contribution in [0.3, 0.4) is 0 Å². The Balaban J connectivity index is 1.57. The molecule has 0 N–H and O–H groups in total. The van der Waals surface area contributed by atoms with Crippen molar-refractivity contribution in [2.24, 2.45) is 5.10 Å². The fourth-order valence-electron chi connectivity index (χ4n) is 2.31. The second kappa shape index (κ2) is 7.09. The van der Waals surface area contributed by atoms with E-state index in [4.69, 9.17) is 4.74 Å². The van der Waals surface area contributed by atoms with Crippen molar-refractivity contribution in [3.05, 3.63) is 60.2 Å². The summed E-state index contributed by atoms with van der Waals surface area (Å²) in [4.78, 5) is 2.32. The predicted molar refractivity (Wildman–Crippen MR) is 89.6 cm³/mol. The third kappa shape index (κ3) is 4.09. The Morgan fingerprint density at radius 2 is 1.50 bits per heavy atom. The average molecular weight is 295 g/mol. The minimum atomic E-state index is 0.836. The van der Waals surface area contributed by atoms with Gasteiger partial charge in [-0.15, -0.1) is 0 Å². The van der Waals surface area contributed by atoms with Gasteiger partial charge in [-0.1, -0.05) is 18.2 Å². The molecule has 3 rings (SSSR count). The van der Waals surface area contributed by atoms with E-state index in [9.17, 15) is 0 Å². The van der Waals surface area contributed by atoms with Crippen molar-refractivity contribution in [3.8, 4) is 11.5 Å². The molecule has 4 nitrogen and oxygen atoms in total. The first-order valence-corrected chi connectivity index (χ1v) is 7.60. The monoisotopic (exact) mass is 295 g/mol. The first-order valence-electron chi connectivity index (χ1n) is 7.60. The van der Waals surface area contributed by atoms with E-state index >= 15 is 0 Å². The Morgan fingerprint density at radius 3 is 2.18 bits per heavy atom. The topological polar surface area (TPSA) is 28.1 Å². The molecule has 0 atom stereocenters. The lowest BCUT2D eigenvalue weighted by Crippen LogP contribution is -2.41. The zero-order chi connectivity index (χ0) is 15.2. The molecule has 1 fully saturated rings. The summed E-state index contributed by atoms with van der Waals surface area (Å²) >= 11 is 0. The molecule has 114 valence electrons. The fourth-order valence-corrected chi connectivity index (χ4v) is 2.31. The van der Waals surface area contributed by atoms with Gasteiger partial charge in [0.25, 0.3) is 0 Å². The molecule has 2 aromatic carbocycles. The molecule has 0 saturated carbocycles. The third-order valence-electron chi connectivity index (χ3n) is 3.71. The molecular formula is C18H21N3O. The zero-order valence-electron chi connectivity index (χ0n) is 12.9. The predicted octanol–water partition coefficient (Wildman–Crippen LogP) is 3.06. The van der Waals surface area contributed by atoms with Crippen molar-refractivity contribution in [2.75, 3.05) is 33.2 Å². The number of hydrogen-bond donors (Lipinski definition) is 0. The molecule has 1 aliphatic rings. The van der Waals surface area contributed by atoms with Crippen molar-refractivity contribution in [2.45, 2.75) is 0 Å². The second-order valence-corrected chi connectivity index (χ2v) is 5.49. The summed E-state index contributed by atoms with van der Waals surface area (Å²) in [5.41, 5.74) is 1.08. The van der Waals surface area contributed by atoms with E-state index in [1.54, 1.807) is 0 Å². The average Bonchev–Trinajstić information content (AvgIpc) is 2.57. The summed E-state index contributed by atoms with van der Waals surface area (Å²) in [7, 11) is 2.15. The lowest BCUT2D eigenvalue weighted by atomic mass is 10.2. The van der Waals surface area contributed by atoms with Gasteiger partial charge >= 0.3 is 0 Å². The zero-order valence-corrected chi connectivity index (χ0v) is 12.9. The van der Waals surface area contributed by atoms with Crippen LogP contribution in [0.2, 0.25) is 0 Å². The van der Waals surface area contributed by atoms with Gasteiger partial charge in [0.15, 0.2) is 0 Å². The van der Waals surface area contributed by atoms with Crippen LogP contribution in [0.5, 0.6) is 11.5 Å². The number of ether oxygens (including phenoxy) is 1. The molecule has 1 saturated heterocycles. The van der Waals surface area contributed by atoms with E-state index in [1.807, 2.05) is 60.8 Å². The molecule has 1 aliphatic heterocycles. The summed E-state index contributed by atoms with van der Waals surface area (Å²) < 4.78 is 5.78. The van der Waals surface area contributed by atoms with Crippen LogP contribution in [-0.4, -0.2) is 49.4 Å². The number of benzene rings is 2. The first kappa shape index (κ1) is 14.6. The van der Waals surface area contributed by atoms with Crippen LogP contribution < -0.4 is 4.74 Å². The van der Waals surface area contributed by atoms with E-state index in [2.05, 4.69) is 22.1 Å². The Kier molecular flexibility index (Phi) is 4.71. The van der Waals surface area contributed by atoms with Crippen LogP contribution in [0.15, 0.2) is 59.7 Å². The van der Waals surface area contributed by atoms with E-state index < -0.39 is 0 Å². The number of para-hydroxylation sites is 1. The highest BCUT2D eigenvalue weighted by atomic mass is 16.5. The van der Waals surface area contributed by atoms with Gasteiger partial charge < -0.3 is 9.64 Å². The Labute approximate surface area is 131 Å². The maximum atomic E-state index is 5.78. The van der Waals surface area contributed by atoms with Crippen molar-refractivity contribution in [1.29, 1.82) is 0 Å². The van der Waals surface area contributed by atoms with Crippen LogP contribution in [0, 0.1) is 0 Å². The summed E-state index contributed by atoms with van der Waals surface area (Å²) in [6.45, 7) is 4.12. The van der Waals surface area contributed by atoms with Gasteiger partial charge in [-0.3, -0.25) is 5.01 Å². The lowest BCUT2D eigenvalue weighted by Gasteiger charge is -2.30. The van der Waals surface area contributed by atoms with Gasteiger partial charge in [0.05, 0.1) is 6.21 Å². The molecule has 0 amide bonds. The van der Waals surface area contributed by atoms with E-state index in [1.165, 1.54) is 0 Å². The molecule has 0 aromatic heterocycles. The fraction of sp³-hybridized carbons (Fsp3) is 0.278. The van der Waals surface area contributed by atoms with Crippen LogP contribution in [0.1, 0.15) is 5.56 Å². The normalized spacial score (nSPS) is 16.1. The van der Waals surface area contributed by atoms with E-state index in [0.29, 0.717) is 0 Å². The number of rotatable bonds is 4. The summed E-state index contributed by atoms with van der Waals surface area (Å²) in [5, 5.41) is 6.66. The number of hydrazone groups is 1. The van der Waals surface area contributed by atoms with E-state index in [-0.39, 0.29) is 0 Å². The SMILES string of the molecule is CN1CCN(N=Cc2ccc(Oc3ccccc3)cc2)CC1. The number of piperazine rings is 1. The van der Waals surface area contributed by atoms with Crippen LogP contribution in [0.4, 0.5) is 0 Å². The maximum Gasteiger partial charge on any atom is 0.127 e. The maximum absolute atomic E-state index is 5.78. The minimum absolute atomic E-state index is 0.836. The van der Waals surface area contributed by atoms with Crippen molar-refractivity contribution >= 4 is 6.21 Å². The smallest absolute Gasteiger partial charge is 0.127 e. The molecule has 0 unspecified atom stereocenters. The summed E-state index contributed by atoms with van der Waals surface area (Å²) in [6.07, 6.45) is 1.91. The van der Waals surface area contributed by atoms with Crippen LogP contribution in [0.25, 0.3) is 0 Å². The Hall–Kier alpha value is -2.33. The van der Waals surface area contributed by atoms with Crippen molar-refractivity contribution < 1.29 is 4.74 Å². The highest BCUT2D eigenvalue weighted by Crippen LogP contribution is 2.20. The van der Waals surface area contributed by atoms with Gasteiger partial charge in [0.1, 0.15) is 11.5 Å². The first-order chi connectivity index (χ1) is 10.8. The quantitative estimate of drug-likeness (QED) is 0.812. The van der Waals surface area contributed by atoms with Crippen molar-refractivity contribution in [1.82, 2.24) is 9.91 Å². The number of hydrogen-bond acceptors (Lipinski definition) is 4. The largest absolute Gasteiger partial charge is 0.457 e. The molecule has 22 heavy (non-hydrogen) atoms. The molecule has 2 aromatic rings. The van der Waals surface area contributed by atoms with Crippen LogP contribution in [-0.2, 0) is 0 Å². The van der Waals surface area contributed by atoms with Gasteiger partial charge in [0.2, 0.25) is 0 Å². The highest BCUT2D eigenvalue weighted by molar-refractivity contribution is 5.79. The molecule has 0 aliphatic carbocycles. The summed E-state index contributed by atoms with van der Waals surface area (Å²) in [6, 6.07) is 17.8.